The molecule has 1 amide bonds. The molecular formula is C26H21FN10O. The van der Waals surface area contributed by atoms with Crippen molar-refractivity contribution in [2.75, 3.05) is 11.1 Å². The summed E-state index contributed by atoms with van der Waals surface area (Å²) >= 11 is 0. The van der Waals surface area contributed by atoms with Crippen molar-refractivity contribution in [3.8, 4) is 17.5 Å². The van der Waals surface area contributed by atoms with Crippen molar-refractivity contribution in [2.45, 2.75) is 19.5 Å². The summed E-state index contributed by atoms with van der Waals surface area (Å²) < 4.78 is 13.3. The first-order valence-corrected chi connectivity index (χ1v) is 11.5. The number of carbonyl (C=O) groups is 1. The molecule has 0 aliphatic carbocycles. The van der Waals surface area contributed by atoms with Crippen molar-refractivity contribution in [3.63, 3.8) is 0 Å². The predicted octanol–water partition coefficient (Wildman–Crippen LogP) is 3.51. The van der Waals surface area contributed by atoms with Crippen LogP contribution >= 0.6 is 0 Å². The number of aromatic amines is 1. The molecule has 188 valence electrons. The zero-order valence-electron chi connectivity index (χ0n) is 20.1. The number of nitrogens with zero attached hydrogens (tertiary/aromatic N) is 6. The van der Waals surface area contributed by atoms with Gasteiger partial charge in [0.05, 0.1) is 22.6 Å². The van der Waals surface area contributed by atoms with E-state index in [1.807, 2.05) is 12.1 Å². The number of halogens is 1. The highest BCUT2D eigenvalue weighted by Crippen LogP contribution is 2.23. The molecule has 0 saturated carbocycles. The lowest BCUT2D eigenvalue weighted by molar-refractivity contribution is 0.0940. The standard InChI is InChI=1S/C26H21FN10O/c1-14(17-2-4-19(27)5-3-17)35-26(38)21-6-15(8-28)9-32-24(21)33-12-16-10-30-23(31-11-16)18-7-20-22(29)36-37-25(20)34-13-18/h2-7,9-11,13-14H,12H2,1H3,(H,32,33)(H,35,38)(H3,29,34,36,37)/t14-/m0/s1. The lowest BCUT2D eigenvalue weighted by atomic mass is 10.1. The zero-order valence-corrected chi connectivity index (χ0v) is 20.1. The predicted molar refractivity (Wildman–Crippen MR) is 138 cm³/mol. The number of nitrogens with two attached hydrogens (primary N) is 1. The van der Waals surface area contributed by atoms with Gasteiger partial charge in [0, 0.05) is 42.5 Å². The number of amides is 1. The molecule has 4 aromatic heterocycles. The molecule has 0 aliphatic heterocycles. The summed E-state index contributed by atoms with van der Waals surface area (Å²) in [5.74, 6) is 0.387. The Balaban J connectivity index is 1.30. The number of nitrogens with one attached hydrogen (secondary N) is 3. The first-order valence-electron chi connectivity index (χ1n) is 11.5. The summed E-state index contributed by atoms with van der Waals surface area (Å²) in [4.78, 5) is 30.4. The van der Waals surface area contributed by atoms with Gasteiger partial charge in [-0.3, -0.25) is 9.89 Å². The average Bonchev–Trinajstić information content (AvgIpc) is 3.32. The van der Waals surface area contributed by atoms with Gasteiger partial charge in [-0.05, 0) is 36.8 Å². The number of nitrogen functional groups attached to an aromatic ring is 1. The van der Waals surface area contributed by atoms with Gasteiger partial charge in [0.15, 0.2) is 11.5 Å². The number of aromatic nitrogens is 6. The van der Waals surface area contributed by atoms with E-state index in [-0.39, 0.29) is 23.5 Å². The summed E-state index contributed by atoms with van der Waals surface area (Å²) in [5.41, 5.74) is 9.00. The smallest absolute Gasteiger partial charge is 0.255 e. The van der Waals surface area contributed by atoms with Crippen LogP contribution in [-0.4, -0.2) is 36.0 Å². The summed E-state index contributed by atoms with van der Waals surface area (Å²) in [6.45, 7) is 2.06. The van der Waals surface area contributed by atoms with Crippen LogP contribution in [0.4, 0.5) is 16.0 Å². The number of hydrogen-bond acceptors (Lipinski definition) is 9. The molecule has 0 spiro atoms. The molecule has 0 fully saturated rings. The Hall–Kier alpha value is -5.44. The monoisotopic (exact) mass is 508 g/mol. The molecule has 1 aromatic carbocycles. The molecule has 0 bridgehead atoms. The van der Waals surface area contributed by atoms with Crippen molar-refractivity contribution in [3.05, 3.63) is 89.3 Å². The third-order valence-corrected chi connectivity index (χ3v) is 5.84. The fourth-order valence-electron chi connectivity index (χ4n) is 3.77. The van der Waals surface area contributed by atoms with Crippen molar-refractivity contribution >= 4 is 28.6 Å². The number of pyridine rings is 2. The normalized spacial score (nSPS) is 11.6. The minimum atomic E-state index is -0.429. The van der Waals surface area contributed by atoms with Crippen LogP contribution in [0.15, 0.2) is 61.2 Å². The molecule has 5 rings (SSSR count). The highest BCUT2D eigenvalue weighted by molar-refractivity contribution is 5.99. The quantitative estimate of drug-likeness (QED) is 0.257. The largest absolute Gasteiger partial charge is 0.384 e. The Morgan fingerprint density at radius 1 is 1.11 bits per heavy atom. The molecule has 1 atom stereocenters. The van der Waals surface area contributed by atoms with E-state index in [1.54, 1.807) is 37.6 Å². The van der Waals surface area contributed by atoms with E-state index in [4.69, 9.17) is 5.73 Å². The lowest BCUT2D eigenvalue weighted by Crippen LogP contribution is -2.28. The van der Waals surface area contributed by atoms with Gasteiger partial charge < -0.3 is 16.4 Å². The first kappa shape index (κ1) is 24.3. The van der Waals surface area contributed by atoms with E-state index in [1.165, 1.54) is 24.4 Å². The second-order valence-electron chi connectivity index (χ2n) is 8.48. The summed E-state index contributed by atoms with van der Waals surface area (Å²) in [6, 6.07) is 10.7. The van der Waals surface area contributed by atoms with Crippen LogP contribution in [0.3, 0.4) is 0 Å². The molecule has 5 aromatic rings. The molecule has 0 saturated heterocycles. The van der Waals surface area contributed by atoms with Crippen LogP contribution in [0.1, 0.15) is 40.0 Å². The maximum atomic E-state index is 13.3. The van der Waals surface area contributed by atoms with Gasteiger partial charge in [0.2, 0.25) is 0 Å². The minimum absolute atomic E-state index is 0.202. The number of carbonyl (C=O) groups excluding carboxylic acids is 1. The van der Waals surface area contributed by atoms with Gasteiger partial charge in [-0.25, -0.2) is 24.3 Å². The number of rotatable bonds is 7. The van der Waals surface area contributed by atoms with E-state index >= 15 is 0 Å². The van der Waals surface area contributed by atoms with E-state index in [9.17, 15) is 14.4 Å². The Bertz CT molecular complexity index is 1660. The molecule has 38 heavy (non-hydrogen) atoms. The highest BCUT2D eigenvalue weighted by atomic mass is 19.1. The average molecular weight is 509 g/mol. The molecule has 5 N–H and O–H groups in total. The highest BCUT2D eigenvalue weighted by Gasteiger charge is 2.17. The van der Waals surface area contributed by atoms with Crippen LogP contribution < -0.4 is 16.4 Å². The number of benzene rings is 1. The van der Waals surface area contributed by atoms with Crippen LogP contribution in [0.2, 0.25) is 0 Å². The van der Waals surface area contributed by atoms with Gasteiger partial charge in [-0.1, -0.05) is 12.1 Å². The van der Waals surface area contributed by atoms with Gasteiger partial charge in [0.25, 0.3) is 5.91 Å². The van der Waals surface area contributed by atoms with Crippen LogP contribution in [-0.2, 0) is 6.54 Å². The molecule has 11 nitrogen and oxygen atoms in total. The maximum Gasteiger partial charge on any atom is 0.255 e. The van der Waals surface area contributed by atoms with E-state index in [0.29, 0.717) is 34.1 Å². The second kappa shape index (κ2) is 10.3. The van der Waals surface area contributed by atoms with Gasteiger partial charge in [-0.2, -0.15) is 10.4 Å². The third kappa shape index (κ3) is 5.07. The maximum absolute atomic E-state index is 13.3. The van der Waals surface area contributed by atoms with Crippen molar-refractivity contribution < 1.29 is 9.18 Å². The summed E-state index contributed by atoms with van der Waals surface area (Å²) in [7, 11) is 0. The lowest BCUT2D eigenvalue weighted by Gasteiger charge is -2.16. The van der Waals surface area contributed by atoms with Gasteiger partial charge >= 0.3 is 0 Å². The first-order chi connectivity index (χ1) is 18.4. The van der Waals surface area contributed by atoms with Crippen LogP contribution in [0.25, 0.3) is 22.4 Å². The Morgan fingerprint density at radius 3 is 2.61 bits per heavy atom. The van der Waals surface area contributed by atoms with Gasteiger partial charge in [0.1, 0.15) is 23.5 Å². The minimum Gasteiger partial charge on any atom is -0.384 e. The molecular weight excluding hydrogens is 487 g/mol. The molecule has 12 heteroatoms. The van der Waals surface area contributed by atoms with Crippen LogP contribution in [0.5, 0.6) is 0 Å². The van der Waals surface area contributed by atoms with E-state index in [0.717, 1.165) is 11.1 Å². The molecule has 4 heterocycles. The van der Waals surface area contributed by atoms with E-state index < -0.39 is 11.9 Å². The second-order valence-corrected chi connectivity index (χ2v) is 8.48. The summed E-state index contributed by atoms with van der Waals surface area (Å²) in [5, 5.41) is 22.7. The van der Waals surface area contributed by atoms with Crippen molar-refractivity contribution in [2.24, 2.45) is 0 Å². The SMILES string of the molecule is C[C@H](NC(=O)c1cc(C#N)cnc1NCc1cnc(-c2cnc3n[nH]c(N)c3c2)nc1)c1ccc(F)cc1. The van der Waals surface area contributed by atoms with Crippen molar-refractivity contribution in [1.82, 2.24) is 35.5 Å². The molecule has 0 aliphatic rings. The molecule has 0 radical (unpaired) electrons. The number of fused-ring (bicyclic) bond motifs is 1. The number of H-pyrrole nitrogens is 1. The van der Waals surface area contributed by atoms with Crippen LogP contribution in [0, 0.1) is 17.1 Å². The number of anilines is 2. The van der Waals surface area contributed by atoms with Crippen molar-refractivity contribution in [1.29, 1.82) is 5.26 Å². The fourth-order valence-corrected chi connectivity index (χ4v) is 3.77. The fraction of sp³-hybridized carbons (Fsp3) is 0.115. The number of nitriles is 1. The Labute approximate surface area is 216 Å². The Kier molecular flexibility index (Phi) is 6.56. The topological polar surface area (TPSA) is 171 Å². The summed E-state index contributed by atoms with van der Waals surface area (Å²) in [6.07, 6.45) is 6.30. The molecule has 0 unspecified atom stereocenters. The van der Waals surface area contributed by atoms with Gasteiger partial charge in [-0.15, -0.1) is 0 Å². The Morgan fingerprint density at radius 2 is 1.87 bits per heavy atom. The zero-order chi connectivity index (χ0) is 26.6. The number of hydrogen-bond donors (Lipinski definition) is 4. The third-order valence-electron chi connectivity index (χ3n) is 5.84. The van der Waals surface area contributed by atoms with E-state index in [2.05, 4.69) is 40.8 Å².